The predicted molar refractivity (Wildman–Crippen MR) is 115 cm³/mol. The summed E-state index contributed by atoms with van der Waals surface area (Å²) >= 11 is 0. The van der Waals surface area contributed by atoms with E-state index < -0.39 is 18.5 Å². The molecular formula is C23H21N3O6. The maximum atomic E-state index is 12.2. The summed E-state index contributed by atoms with van der Waals surface area (Å²) in [5.41, 5.74) is 1.98. The van der Waals surface area contributed by atoms with E-state index in [0.717, 1.165) is 18.8 Å². The standard InChI is InChI=1S/C23H21N3O6/c24-13-17(11-16-1-6-20-21(12-16)32-15-31-20)23(28)30-14-22(27)25-18-2-4-19(5-3-18)26-7-9-29-10-8-26/h1-6,11-12H,7-10,14-15H2,(H,25,27). The summed E-state index contributed by atoms with van der Waals surface area (Å²) in [7, 11) is 0. The van der Waals surface area contributed by atoms with Crippen LogP contribution >= 0.6 is 0 Å². The summed E-state index contributed by atoms with van der Waals surface area (Å²) in [5.74, 6) is -0.262. The highest BCUT2D eigenvalue weighted by Gasteiger charge is 2.16. The van der Waals surface area contributed by atoms with Crippen LogP contribution in [0.25, 0.3) is 6.08 Å². The molecule has 2 aliphatic rings. The van der Waals surface area contributed by atoms with Crippen LogP contribution in [0.15, 0.2) is 48.0 Å². The molecule has 0 radical (unpaired) electrons. The van der Waals surface area contributed by atoms with Crippen LogP contribution in [-0.4, -0.2) is 51.6 Å². The molecule has 1 amide bonds. The van der Waals surface area contributed by atoms with Crippen molar-refractivity contribution in [3.63, 3.8) is 0 Å². The molecule has 164 valence electrons. The second kappa shape index (κ2) is 9.85. The molecule has 2 aromatic carbocycles. The van der Waals surface area contributed by atoms with Crippen LogP contribution in [0, 0.1) is 11.3 Å². The van der Waals surface area contributed by atoms with Crippen LogP contribution in [-0.2, 0) is 19.1 Å². The van der Waals surface area contributed by atoms with Crippen molar-refractivity contribution in [2.75, 3.05) is 49.9 Å². The normalized spacial score (nSPS) is 15.1. The summed E-state index contributed by atoms with van der Waals surface area (Å²) in [6.07, 6.45) is 1.37. The molecule has 0 unspecified atom stereocenters. The lowest BCUT2D eigenvalue weighted by Gasteiger charge is -2.28. The van der Waals surface area contributed by atoms with E-state index in [-0.39, 0.29) is 12.4 Å². The van der Waals surface area contributed by atoms with Crippen molar-refractivity contribution in [2.45, 2.75) is 0 Å². The Kier molecular flexibility index (Phi) is 6.53. The summed E-state index contributed by atoms with van der Waals surface area (Å²) in [5, 5.41) is 12.0. The van der Waals surface area contributed by atoms with Crippen LogP contribution in [0.1, 0.15) is 5.56 Å². The number of amides is 1. The number of benzene rings is 2. The highest BCUT2D eigenvalue weighted by Crippen LogP contribution is 2.33. The number of ether oxygens (including phenoxy) is 4. The molecule has 9 nitrogen and oxygen atoms in total. The number of hydrogen-bond acceptors (Lipinski definition) is 8. The van der Waals surface area contributed by atoms with Crippen LogP contribution in [0.3, 0.4) is 0 Å². The molecule has 1 saturated heterocycles. The van der Waals surface area contributed by atoms with E-state index in [9.17, 15) is 14.9 Å². The van der Waals surface area contributed by atoms with E-state index >= 15 is 0 Å². The molecule has 0 atom stereocenters. The van der Waals surface area contributed by atoms with Crippen LogP contribution in [0.5, 0.6) is 11.5 Å². The van der Waals surface area contributed by atoms with Crippen molar-refractivity contribution < 1.29 is 28.5 Å². The van der Waals surface area contributed by atoms with Crippen LogP contribution in [0.2, 0.25) is 0 Å². The average Bonchev–Trinajstić information content (AvgIpc) is 3.30. The minimum Gasteiger partial charge on any atom is -0.454 e. The van der Waals surface area contributed by atoms with Crippen molar-refractivity contribution in [3.05, 3.63) is 53.6 Å². The Hall–Kier alpha value is -4.03. The van der Waals surface area contributed by atoms with Crippen molar-refractivity contribution in [1.82, 2.24) is 0 Å². The van der Waals surface area contributed by atoms with E-state index in [0.29, 0.717) is 36.0 Å². The number of nitrogens with zero attached hydrogens (tertiary/aromatic N) is 2. The van der Waals surface area contributed by atoms with Crippen molar-refractivity contribution in [3.8, 4) is 17.6 Å². The lowest BCUT2D eigenvalue weighted by molar-refractivity contribution is -0.142. The van der Waals surface area contributed by atoms with Gasteiger partial charge in [0.15, 0.2) is 18.1 Å². The maximum absolute atomic E-state index is 12.2. The second-order valence-corrected chi connectivity index (χ2v) is 7.05. The van der Waals surface area contributed by atoms with Gasteiger partial charge in [-0.3, -0.25) is 4.79 Å². The van der Waals surface area contributed by atoms with Gasteiger partial charge in [0, 0.05) is 24.5 Å². The number of carbonyl (C=O) groups excluding carboxylic acids is 2. The number of fused-ring (bicyclic) bond motifs is 1. The summed E-state index contributed by atoms with van der Waals surface area (Å²) in [4.78, 5) is 26.6. The second-order valence-electron chi connectivity index (χ2n) is 7.05. The van der Waals surface area contributed by atoms with Gasteiger partial charge in [0.1, 0.15) is 11.6 Å². The summed E-state index contributed by atoms with van der Waals surface area (Å²) in [6.45, 7) is 2.64. The van der Waals surface area contributed by atoms with Gasteiger partial charge in [0.05, 0.1) is 13.2 Å². The van der Waals surface area contributed by atoms with E-state index in [2.05, 4.69) is 10.2 Å². The number of anilines is 2. The molecule has 1 fully saturated rings. The quantitative estimate of drug-likeness (QED) is 0.418. The Morgan fingerprint density at radius 3 is 2.59 bits per heavy atom. The molecule has 2 heterocycles. The fourth-order valence-electron chi connectivity index (χ4n) is 3.29. The van der Waals surface area contributed by atoms with Crippen LogP contribution in [0.4, 0.5) is 11.4 Å². The molecule has 32 heavy (non-hydrogen) atoms. The number of hydrogen-bond donors (Lipinski definition) is 1. The molecule has 0 bridgehead atoms. The Morgan fingerprint density at radius 2 is 1.84 bits per heavy atom. The van der Waals surface area contributed by atoms with Gasteiger partial charge in [0.2, 0.25) is 6.79 Å². The largest absolute Gasteiger partial charge is 0.454 e. The smallest absolute Gasteiger partial charge is 0.349 e. The van der Waals surface area contributed by atoms with E-state index in [1.807, 2.05) is 12.1 Å². The molecule has 0 aliphatic carbocycles. The Labute approximate surface area is 184 Å². The Morgan fingerprint density at radius 1 is 1.09 bits per heavy atom. The van der Waals surface area contributed by atoms with E-state index in [1.165, 1.54) is 6.08 Å². The number of nitriles is 1. The molecule has 2 aliphatic heterocycles. The average molecular weight is 435 g/mol. The lowest BCUT2D eigenvalue weighted by Crippen LogP contribution is -2.36. The highest BCUT2D eigenvalue weighted by molar-refractivity contribution is 6.00. The van der Waals surface area contributed by atoms with Gasteiger partial charge in [0.25, 0.3) is 5.91 Å². The molecule has 0 aromatic heterocycles. The number of carbonyl (C=O) groups is 2. The number of nitrogens with one attached hydrogen (secondary N) is 1. The third-order valence-corrected chi connectivity index (χ3v) is 4.91. The zero-order chi connectivity index (χ0) is 22.3. The molecule has 1 N–H and O–H groups in total. The molecule has 2 aromatic rings. The first-order valence-electron chi connectivity index (χ1n) is 10.0. The predicted octanol–water partition coefficient (Wildman–Crippen LogP) is 2.34. The Balaban J connectivity index is 1.30. The monoisotopic (exact) mass is 435 g/mol. The molecule has 4 rings (SSSR count). The van der Waals surface area contributed by atoms with Crippen molar-refractivity contribution in [1.29, 1.82) is 5.26 Å². The van der Waals surface area contributed by atoms with Crippen molar-refractivity contribution in [2.24, 2.45) is 0 Å². The third kappa shape index (κ3) is 5.17. The molecule has 0 saturated carbocycles. The zero-order valence-electron chi connectivity index (χ0n) is 17.2. The minimum atomic E-state index is -0.886. The first-order valence-corrected chi connectivity index (χ1v) is 10.0. The van der Waals surface area contributed by atoms with Gasteiger partial charge in [-0.25, -0.2) is 4.79 Å². The van der Waals surface area contributed by atoms with Gasteiger partial charge in [-0.2, -0.15) is 5.26 Å². The fourth-order valence-corrected chi connectivity index (χ4v) is 3.29. The molecule has 9 heteroatoms. The van der Waals surface area contributed by atoms with Gasteiger partial charge >= 0.3 is 5.97 Å². The molecule has 0 spiro atoms. The van der Waals surface area contributed by atoms with Gasteiger partial charge in [-0.1, -0.05) is 6.07 Å². The van der Waals surface area contributed by atoms with Crippen molar-refractivity contribution >= 4 is 29.3 Å². The number of esters is 1. The van der Waals surface area contributed by atoms with E-state index in [1.54, 1.807) is 36.4 Å². The zero-order valence-corrected chi connectivity index (χ0v) is 17.2. The molecular weight excluding hydrogens is 414 g/mol. The van der Waals surface area contributed by atoms with Gasteiger partial charge < -0.3 is 29.2 Å². The van der Waals surface area contributed by atoms with Gasteiger partial charge in [-0.05, 0) is 48.0 Å². The Bertz CT molecular complexity index is 1070. The third-order valence-electron chi connectivity index (χ3n) is 4.91. The number of rotatable bonds is 6. The highest BCUT2D eigenvalue weighted by atomic mass is 16.7. The van der Waals surface area contributed by atoms with E-state index in [4.69, 9.17) is 18.9 Å². The SMILES string of the molecule is N#CC(=Cc1ccc2c(c1)OCO2)C(=O)OCC(=O)Nc1ccc(N2CCOCC2)cc1. The van der Waals surface area contributed by atoms with Crippen LogP contribution < -0.4 is 19.7 Å². The van der Waals surface area contributed by atoms with Gasteiger partial charge in [-0.15, -0.1) is 0 Å². The summed E-state index contributed by atoms with van der Waals surface area (Å²) < 4.78 is 20.8. The lowest BCUT2D eigenvalue weighted by atomic mass is 10.1. The first-order chi connectivity index (χ1) is 15.6. The maximum Gasteiger partial charge on any atom is 0.349 e. The fraction of sp³-hybridized carbons (Fsp3) is 0.261. The number of morpholine rings is 1. The first kappa shape index (κ1) is 21.2. The summed E-state index contributed by atoms with van der Waals surface area (Å²) in [6, 6.07) is 14.2. The minimum absolute atomic E-state index is 0.126. The topological polar surface area (TPSA) is 110 Å².